The molecular weight excluding hydrogens is 363 g/mol. The highest BCUT2D eigenvalue weighted by molar-refractivity contribution is 7.15. The maximum absolute atomic E-state index is 12.8. The lowest BCUT2D eigenvalue weighted by Gasteiger charge is -2.23. The lowest BCUT2D eigenvalue weighted by molar-refractivity contribution is -0.137. The van der Waals surface area contributed by atoms with Gasteiger partial charge in [0.05, 0.1) is 10.6 Å². The van der Waals surface area contributed by atoms with Gasteiger partial charge in [0.1, 0.15) is 0 Å². The van der Waals surface area contributed by atoms with Gasteiger partial charge in [-0.2, -0.15) is 13.2 Å². The lowest BCUT2D eigenvalue weighted by Crippen LogP contribution is -2.19. The molecular formula is C15H13ClF3N3OS. The number of halogens is 4. The smallest absolute Gasteiger partial charge is 0.308 e. The van der Waals surface area contributed by atoms with E-state index in [1.807, 2.05) is 0 Å². The molecule has 0 spiro atoms. The maximum Gasteiger partial charge on any atom is 0.417 e. The number of carbonyl (C=O) groups excluding carboxylic acids is 1. The van der Waals surface area contributed by atoms with E-state index in [-0.39, 0.29) is 5.69 Å². The van der Waals surface area contributed by atoms with Gasteiger partial charge < -0.3 is 5.32 Å². The number of benzene rings is 1. The third-order valence-electron chi connectivity index (χ3n) is 3.78. The van der Waals surface area contributed by atoms with Gasteiger partial charge in [-0.1, -0.05) is 18.0 Å². The zero-order valence-corrected chi connectivity index (χ0v) is 13.9. The van der Waals surface area contributed by atoms with E-state index >= 15 is 0 Å². The minimum absolute atomic E-state index is 0.00000231. The minimum atomic E-state index is -4.59. The predicted octanol–water partition coefficient (Wildman–Crippen LogP) is 5.73. The molecule has 1 aromatic heterocycles. The van der Waals surface area contributed by atoms with Gasteiger partial charge >= 0.3 is 12.2 Å². The topological polar surface area (TPSA) is 54.0 Å². The summed E-state index contributed by atoms with van der Waals surface area (Å²) in [6, 6.07) is 2.54. The number of rotatable bonds is 3. The Labute approximate surface area is 145 Å². The number of anilines is 2. The molecule has 1 aromatic carbocycles. The molecule has 0 saturated heterocycles. The maximum atomic E-state index is 12.8. The molecule has 0 radical (unpaired) electrons. The standard InChI is InChI=1S/C15H13ClF3N3OS/c16-11-5-4-9(6-10(11)15(17,18)19)21-13(23)22-14-20-7-12(24-14)8-2-1-3-8/h4-8H,1-3H2,(H2,20,21,22,23). The van der Waals surface area contributed by atoms with Crippen LogP contribution in [0.4, 0.5) is 28.8 Å². The monoisotopic (exact) mass is 375 g/mol. The molecule has 2 amide bonds. The SMILES string of the molecule is O=C(Nc1ccc(Cl)c(C(F)(F)F)c1)Nc1ncc(C2CCC2)s1. The van der Waals surface area contributed by atoms with E-state index in [0.717, 1.165) is 29.9 Å². The number of aromatic nitrogens is 1. The first-order chi connectivity index (χ1) is 11.3. The van der Waals surface area contributed by atoms with Crippen molar-refractivity contribution in [2.24, 2.45) is 0 Å². The van der Waals surface area contributed by atoms with Crippen LogP contribution in [0.25, 0.3) is 0 Å². The van der Waals surface area contributed by atoms with Gasteiger partial charge in [-0.3, -0.25) is 5.32 Å². The van der Waals surface area contributed by atoms with Crippen molar-refractivity contribution in [3.8, 4) is 0 Å². The van der Waals surface area contributed by atoms with Crippen LogP contribution in [0.3, 0.4) is 0 Å². The number of carbonyl (C=O) groups is 1. The first kappa shape index (κ1) is 17.0. The summed E-state index contributed by atoms with van der Waals surface area (Å²) in [5, 5.41) is 4.88. The van der Waals surface area contributed by atoms with Crippen LogP contribution in [0, 0.1) is 0 Å². The molecule has 2 N–H and O–H groups in total. The molecule has 24 heavy (non-hydrogen) atoms. The van der Waals surface area contributed by atoms with Crippen molar-refractivity contribution in [1.82, 2.24) is 4.98 Å². The Morgan fingerprint density at radius 2 is 2.04 bits per heavy atom. The average molecular weight is 376 g/mol. The molecule has 1 aliphatic rings. The summed E-state index contributed by atoms with van der Waals surface area (Å²) in [6.07, 6.45) is 0.591. The van der Waals surface area contributed by atoms with Crippen molar-refractivity contribution < 1.29 is 18.0 Å². The Balaban J connectivity index is 1.65. The normalized spacial score (nSPS) is 15.0. The summed E-state index contributed by atoms with van der Waals surface area (Å²) in [6.45, 7) is 0. The number of thiazole rings is 1. The van der Waals surface area contributed by atoms with Crippen molar-refractivity contribution >= 4 is 39.8 Å². The quantitative estimate of drug-likeness (QED) is 0.720. The van der Waals surface area contributed by atoms with Crippen molar-refractivity contribution in [2.75, 3.05) is 10.6 Å². The van der Waals surface area contributed by atoms with Crippen molar-refractivity contribution in [3.05, 3.63) is 39.9 Å². The first-order valence-electron chi connectivity index (χ1n) is 7.23. The van der Waals surface area contributed by atoms with E-state index < -0.39 is 22.8 Å². The molecule has 0 atom stereocenters. The molecule has 1 saturated carbocycles. The second-order valence-corrected chi connectivity index (χ2v) is 6.94. The molecule has 9 heteroatoms. The Morgan fingerprint density at radius 1 is 1.29 bits per heavy atom. The van der Waals surface area contributed by atoms with Crippen LogP contribution in [0.15, 0.2) is 24.4 Å². The second-order valence-electron chi connectivity index (χ2n) is 5.47. The van der Waals surface area contributed by atoms with Crippen LogP contribution < -0.4 is 10.6 Å². The zero-order chi connectivity index (χ0) is 17.3. The molecule has 4 nitrogen and oxygen atoms in total. The van der Waals surface area contributed by atoms with Crippen molar-refractivity contribution in [3.63, 3.8) is 0 Å². The van der Waals surface area contributed by atoms with Gasteiger partial charge in [-0.25, -0.2) is 9.78 Å². The molecule has 0 bridgehead atoms. The molecule has 128 valence electrons. The largest absolute Gasteiger partial charge is 0.417 e. The summed E-state index contributed by atoms with van der Waals surface area (Å²) < 4.78 is 38.4. The molecule has 1 fully saturated rings. The van der Waals surface area contributed by atoms with Crippen LogP contribution in [-0.2, 0) is 6.18 Å². The van der Waals surface area contributed by atoms with Gasteiger partial charge in [0, 0.05) is 16.8 Å². The Kier molecular flexibility index (Phi) is 4.69. The van der Waals surface area contributed by atoms with E-state index in [1.54, 1.807) is 6.20 Å². The summed E-state index contributed by atoms with van der Waals surface area (Å²) in [5.41, 5.74) is -0.997. The number of amides is 2. The van der Waals surface area contributed by atoms with E-state index in [1.165, 1.54) is 23.8 Å². The number of urea groups is 1. The van der Waals surface area contributed by atoms with Crippen LogP contribution in [0.5, 0.6) is 0 Å². The van der Waals surface area contributed by atoms with E-state index in [4.69, 9.17) is 11.6 Å². The van der Waals surface area contributed by atoms with Gasteiger partial charge in [-0.15, -0.1) is 11.3 Å². The fourth-order valence-corrected chi connectivity index (χ4v) is 3.51. The fraction of sp³-hybridized carbons (Fsp3) is 0.333. The van der Waals surface area contributed by atoms with Gasteiger partial charge in [0.15, 0.2) is 5.13 Å². The summed E-state index contributed by atoms with van der Waals surface area (Å²) in [4.78, 5) is 17.2. The van der Waals surface area contributed by atoms with E-state index in [0.29, 0.717) is 11.0 Å². The third-order valence-corrected chi connectivity index (χ3v) is 5.19. The number of hydrogen-bond donors (Lipinski definition) is 2. The van der Waals surface area contributed by atoms with Gasteiger partial charge in [-0.05, 0) is 37.0 Å². The van der Waals surface area contributed by atoms with Crippen LogP contribution in [0.2, 0.25) is 5.02 Å². The average Bonchev–Trinajstić information content (AvgIpc) is 2.85. The molecule has 3 rings (SSSR count). The summed E-state index contributed by atoms with van der Waals surface area (Å²) in [7, 11) is 0. The molecule has 2 aromatic rings. The van der Waals surface area contributed by atoms with Crippen molar-refractivity contribution in [2.45, 2.75) is 31.4 Å². The molecule has 1 aliphatic carbocycles. The zero-order valence-electron chi connectivity index (χ0n) is 12.3. The number of hydrogen-bond acceptors (Lipinski definition) is 3. The second kappa shape index (κ2) is 6.60. The van der Waals surface area contributed by atoms with Crippen LogP contribution in [0.1, 0.15) is 35.6 Å². The van der Waals surface area contributed by atoms with Gasteiger partial charge in [0.25, 0.3) is 0 Å². The Morgan fingerprint density at radius 3 is 2.67 bits per heavy atom. The van der Waals surface area contributed by atoms with Gasteiger partial charge in [0.2, 0.25) is 0 Å². The molecule has 0 unspecified atom stereocenters. The van der Waals surface area contributed by atoms with E-state index in [2.05, 4.69) is 15.6 Å². The predicted molar refractivity (Wildman–Crippen MR) is 87.8 cm³/mol. The Bertz CT molecular complexity index is 759. The van der Waals surface area contributed by atoms with Crippen LogP contribution in [-0.4, -0.2) is 11.0 Å². The number of alkyl halides is 3. The lowest BCUT2D eigenvalue weighted by atomic mass is 9.85. The van der Waals surface area contributed by atoms with E-state index in [9.17, 15) is 18.0 Å². The number of nitrogens with zero attached hydrogens (tertiary/aromatic N) is 1. The molecule has 1 heterocycles. The first-order valence-corrected chi connectivity index (χ1v) is 8.43. The minimum Gasteiger partial charge on any atom is -0.308 e. The summed E-state index contributed by atoms with van der Waals surface area (Å²) >= 11 is 6.92. The highest BCUT2D eigenvalue weighted by atomic mass is 35.5. The Hall–Kier alpha value is -1.80. The fourth-order valence-electron chi connectivity index (χ4n) is 2.31. The highest BCUT2D eigenvalue weighted by Gasteiger charge is 2.33. The van der Waals surface area contributed by atoms with Crippen LogP contribution >= 0.6 is 22.9 Å². The molecule has 0 aliphatic heterocycles. The summed E-state index contributed by atoms with van der Waals surface area (Å²) in [5.74, 6) is 0.506. The highest BCUT2D eigenvalue weighted by Crippen LogP contribution is 2.40. The van der Waals surface area contributed by atoms with Crippen molar-refractivity contribution in [1.29, 1.82) is 0 Å². The number of nitrogens with one attached hydrogen (secondary N) is 2. The third kappa shape index (κ3) is 3.81.